The van der Waals surface area contributed by atoms with Crippen molar-refractivity contribution in [2.45, 2.75) is 26.5 Å². The first-order valence-corrected chi connectivity index (χ1v) is 10.6. The molecule has 3 rings (SSSR count). The number of aliphatic hydroxyl groups is 1. The first-order chi connectivity index (χ1) is 15.8. The van der Waals surface area contributed by atoms with Crippen LogP contribution >= 0.6 is 0 Å². The van der Waals surface area contributed by atoms with E-state index in [2.05, 4.69) is 10.4 Å². The van der Waals surface area contributed by atoms with Crippen LogP contribution in [0.1, 0.15) is 34.6 Å². The van der Waals surface area contributed by atoms with Gasteiger partial charge < -0.3 is 24.8 Å². The number of aliphatic hydroxyl groups excluding tert-OH is 1. The van der Waals surface area contributed by atoms with Crippen LogP contribution in [0, 0.1) is 0 Å². The van der Waals surface area contributed by atoms with Gasteiger partial charge in [0.25, 0.3) is 11.8 Å². The minimum atomic E-state index is -0.465. The third kappa shape index (κ3) is 6.33. The maximum atomic E-state index is 12.8. The van der Waals surface area contributed by atoms with E-state index in [0.717, 1.165) is 0 Å². The number of aromatic nitrogens is 2. The minimum absolute atomic E-state index is 0.112. The average molecular weight is 453 g/mol. The lowest BCUT2D eigenvalue weighted by molar-refractivity contribution is 0.0827. The lowest BCUT2D eigenvalue weighted by Gasteiger charge is -2.15. The number of amides is 2. The molecule has 1 aromatic heterocycles. The molecule has 0 saturated heterocycles. The Balaban J connectivity index is 1.84. The number of rotatable bonds is 9. The maximum Gasteiger partial charge on any atom is 0.257 e. The number of ether oxygens (including phenoxy) is 2. The number of nitrogens with one attached hydrogen (secondary N) is 1. The van der Waals surface area contributed by atoms with E-state index in [1.54, 1.807) is 80.4 Å². The summed E-state index contributed by atoms with van der Waals surface area (Å²) in [5, 5.41) is 16.3. The van der Waals surface area contributed by atoms with Gasteiger partial charge >= 0.3 is 0 Å². The second-order valence-corrected chi connectivity index (χ2v) is 7.64. The third-order valence-electron chi connectivity index (χ3n) is 4.69. The summed E-state index contributed by atoms with van der Waals surface area (Å²) in [6.07, 6.45) is 1.31. The molecular weight excluding hydrogens is 424 g/mol. The highest BCUT2D eigenvalue weighted by atomic mass is 16.5. The molecule has 0 aliphatic heterocycles. The predicted molar refractivity (Wildman–Crippen MR) is 124 cm³/mol. The van der Waals surface area contributed by atoms with E-state index in [4.69, 9.17) is 9.47 Å². The van der Waals surface area contributed by atoms with Crippen molar-refractivity contribution in [3.8, 4) is 17.2 Å². The molecule has 0 spiro atoms. The molecular formula is C24H28N4O5. The molecule has 33 heavy (non-hydrogen) atoms. The van der Waals surface area contributed by atoms with E-state index in [1.807, 2.05) is 6.92 Å². The van der Waals surface area contributed by atoms with Gasteiger partial charge in [-0.25, -0.2) is 0 Å². The van der Waals surface area contributed by atoms with Gasteiger partial charge in [-0.2, -0.15) is 5.10 Å². The lowest BCUT2D eigenvalue weighted by atomic mass is 10.1. The van der Waals surface area contributed by atoms with E-state index < -0.39 is 6.10 Å². The van der Waals surface area contributed by atoms with Gasteiger partial charge in [0, 0.05) is 50.1 Å². The molecule has 9 nitrogen and oxygen atoms in total. The van der Waals surface area contributed by atoms with Crippen LogP contribution in [0.2, 0.25) is 0 Å². The van der Waals surface area contributed by atoms with Gasteiger partial charge in [0.1, 0.15) is 23.4 Å². The molecule has 2 N–H and O–H groups in total. The zero-order chi connectivity index (χ0) is 24.0. The van der Waals surface area contributed by atoms with Crippen molar-refractivity contribution < 1.29 is 24.2 Å². The van der Waals surface area contributed by atoms with Crippen molar-refractivity contribution in [1.82, 2.24) is 14.7 Å². The largest absolute Gasteiger partial charge is 0.488 e. The Morgan fingerprint density at radius 3 is 2.36 bits per heavy atom. The Kier molecular flexibility index (Phi) is 7.68. The number of hydrogen-bond donors (Lipinski definition) is 2. The summed E-state index contributed by atoms with van der Waals surface area (Å²) in [6.45, 7) is 4.18. The van der Waals surface area contributed by atoms with Gasteiger partial charge in [0.05, 0.1) is 6.61 Å². The molecule has 2 amide bonds. The monoisotopic (exact) mass is 452 g/mol. The van der Waals surface area contributed by atoms with Crippen molar-refractivity contribution in [2.24, 2.45) is 0 Å². The first kappa shape index (κ1) is 23.8. The Hall–Kier alpha value is -3.85. The normalized spacial score (nSPS) is 11.5. The molecule has 2 aromatic carbocycles. The summed E-state index contributed by atoms with van der Waals surface area (Å²) in [6, 6.07) is 13.2. The quantitative estimate of drug-likeness (QED) is 0.515. The third-order valence-corrected chi connectivity index (χ3v) is 4.69. The Morgan fingerprint density at radius 1 is 1.06 bits per heavy atom. The van der Waals surface area contributed by atoms with Crippen LogP contribution in [0.5, 0.6) is 17.2 Å². The Morgan fingerprint density at radius 2 is 1.76 bits per heavy atom. The zero-order valence-corrected chi connectivity index (χ0v) is 19.1. The number of carbonyl (C=O) groups excluding carboxylic acids is 2. The number of nitrogens with zero attached hydrogens (tertiary/aromatic N) is 3. The van der Waals surface area contributed by atoms with E-state index in [1.165, 1.54) is 4.90 Å². The molecule has 174 valence electrons. The van der Waals surface area contributed by atoms with Gasteiger partial charge in [-0.1, -0.05) is 0 Å². The van der Waals surface area contributed by atoms with Crippen LogP contribution in [0.4, 0.5) is 5.82 Å². The molecule has 3 aromatic rings. The summed E-state index contributed by atoms with van der Waals surface area (Å²) in [7, 11) is 3.37. The fourth-order valence-electron chi connectivity index (χ4n) is 2.95. The smallest absolute Gasteiger partial charge is 0.257 e. The fourth-order valence-corrected chi connectivity index (χ4v) is 2.95. The molecule has 0 fully saturated rings. The fraction of sp³-hybridized carbons (Fsp3) is 0.292. The SMILES string of the molecule is CCn1ccc(NC(=O)c2cc(Oc3ccc(C(=O)N(C)C)cc3)cc(O[C@@H](C)CO)c2)n1. The number of carbonyl (C=O) groups is 2. The summed E-state index contributed by atoms with van der Waals surface area (Å²) >= 11 is 0. The van der Waals surface area contributed by atoms with Crippen LogP contribution in [0.15, 0.2) is 54.7 Å². The topological polar surface area (TPSA) is 106 Å². The standard InChI is InChI=1S/C24H28N4O5/c1-5-28-11-10-22(26-28)25-23(30)18-12-20(32-16(2)15-29)14-21(13-18)33-19-8-6-17(7-9-19)24(31)27(3)4/h6-14,16,29H,5,15H2,1-4H3,(H,25,26,30)/t16-/m0/s1. The van der Waals surface area contributed by atoms with Gasteiger partial charge in [0.15, 0.2) is 5.82 Å². The summed E-state index contributed by atoms with van der Waals surface area (Å²) in [5.41, 5.74) is 0.839. The average Bonchev–Trinajstić information content (AvgIpc) is 3.26. The predicted octanol–water partition coefficient (Wildman–Crippen LogP) is 3.41. The molecule has 0 aliphatic rings. The number of hydrogen-bond acceptors (Lipinski definition) is 6. The molecule has 9 heteroatoms. The second-order valence-electron chi connectivity index (χ2n) is 7.64. The van der Waals surface area contributed by atoms with Crippen LogP contribution in [-0.4, -0.2) is 58.4 Å². The molecule has 1 heterocycles. The highest BCUT2D eigenvalue weighted by Gasteiger charge is 2.14. The molecule has 0 saturated carbocycles. The highest BCUT2D eigenvalue weighted by molar-refractivity contribution is 6.04. The number of anilines is 1. The van der Waals surface area contributed by atoms with Crippen molar-refractivity contribution in [3.05, 3.63) is 65.9 Å². The number of aryl methyl sites for hydroxylation is 1. The summed E-state index contributed by atoms with van der Waals surface area (Å²) in [4.78, 5) is 26.4. The maximum absolute atomic E-state index is 12.8. The van der Waals surface area contributed by atoms with Crippen LogP contribution in [0.25, 0.3) is 0 Å². The summed E-state index contributed by atoms with van der Waals surface area (Å²) < 4.78 is 13.3. The van der Waals surface area contributed by atoms with Gasteiger partial charge in [0.2, 0.25) is 0 Å². The van der Waals surface area contributed by atoms with Crippen molar-refractivity contribution >= 4 is 17.6 Å². The van der Waals surface area contributed by atoms with Crippen molar-refractivity contribution in [3.63, 3.8) is 0 Å². The first-order valence-electron chi connectivity index (χ1n) is 10.6. The minimum Gasteiger partial charge on any atom is -0.488 e. The van der Waals surface area contributed by atoms with E-state index in [0.29, 0.717) is 40.7 Å². The van der Waals surface area contributed by atoms with Crippen LogP contribution in [-0.2, 0) is 6.54 Å². The van der Waals surface area contributed by atoms with Crippen LogP contribution in [0.3, 0.4) is 0 Å². The van der Waals surface area contributed by atoms with E-state index in [-0.39, 0.29) is 18.4 Å². The molecule has 0 bridgehead atoms. The highest BCUT2D eigenvalue weighted by Crippen LogP contribution is 2.29. The van der Waals surface area contributed by atoms with E-state index in [9.17, 15) is 14.7 Å². The van der Waals surface area contributed by atoms with Crippen LogP contribution < -0.4 is 14.8 Å². The lowest BCUT2D eigenvalue weighted by Crippen LogP contribution is -2.21. The van der Waals surface area contributed by atoms with Gasteiger partial charge in [-0.3, -0.25) is 14.3 Å². The Bertz CT molecular complexity index is 1110. The van der Waals surface area contributed by atoms with Crippen molar-refractivity contribution in [2.75, 3.05) is 26.0 Å². The number of benzene rings is 2. The van der Waals surface area contributed by atoms with Crippen molar-refractivity contribution in [1.29, 1.82) is 0 Å². The van der Waals surface area contributed by atoms with Gasteiger partial charge in [-0.05, 0) is 50.2 Å². The van der Waals surface area contributed by atoms with E-state index >= 15 is 0 Å². The molecule has 0 unspecified atom stereocenters. The summed E-state index contributed by atoms with van der Waals surface area (Å²) in [5.74, 6) is 1.17. The zero-order valence-electron chi connectivity index (χ0n) is 19.1. The molecule has 0 radical (unpaired) electrons. The molecule has 1 atom stereocenters. The second kappa shape index (κ2) is 10.6. The van der Waals surface area contributed by atoms with Gasteiger partial charge in [-0.15, -0.1) is 0 Å². The Labute approximate surface area is 192 Å². The molecule has 0 aliphatic carbocycles.